The molecule has 0 unspecified atom stereocenters. The Kier molecular flexibility index (Phi) is 4.62. The van der Waals surface area contributed by atoms with Crippen LogP contribution in [0.1, 0.15) is 0 Å². The highest BCUT2D eigenvalue weighted by atomic mass is 19.3. The zero-order chi connectivity index (χ0) is 19.7. The Hall–Kier alpha value is -3.53. The molecule has 8 nitrogen and oxygen atoms in total. The fourth-order valence-corrected chi connectivity index (χ4v) is 2.79. The van der Waals surface area contributed by atoms with Crippen LogP contribution >= 0.6 is 0 Å². The molecular weight excluding hydrogens is 372 g/mol. The lowest BCUT2D eigenvalue weighted by atomic mass is 10.1. The van der Waals surface area contributed by atoms with Gasteiger partial charge in [-0.3, -0.25) is 4.98 Å². The molecule has 0 aliphatic carbocycles. The van der Waals surface area contributed by atoms with Crippen LogP contribution in [-0.2, 0) is 6.54 Å². The molecule has 0 saturated carbocycles. The average molecular weight is 387 g/mol. The van der Waals surface area contributed by atoms with Gasteiger partial charge in [0.15, 0.2) is 11.5 Å². The standard InChI is InChI=1S/C18H15F2N5O3/c19-17(20)12(7-21)8-25-18(26)24(9-23-25)13-3-4-22-14(6-13)11-1-2-15-16(5-11)28-10-27-15/h1-6,9H,7-8,10,21H2. The molecule has 3 aromatic rings. The minimum atomic E-state index is -1.90. The molecule has 1 aliphatic heterocycles. The second-order valence-corrected chi connectivity index (χ2v) is 5.98. The van der Waals surface area contributed by atoms with Gasteiger partial charge in [0.1, 0.15) is 6.33 Å². The van der Waals surface area contributed by atoms with E-state index in [1.165, 1.54) is 10.9 Å². The Balaban J connectivity index is 1.67. The number of halogens is 2. The topological polar surface area (TPSA) is 97.2 Å². The summed E-state index contributed by atoms with van der Waals surface area (Å²) in [5.74, 6) is 1.27. The predicted octanol–water partition coefficient (Wildman–Crippen LogP) is 1.93. The summed E-state index contributed by atoms with van der Waals surface area (Å²) in [5, 5.41) is 3.90. The summed E-state index contributed by atoms with van der Waals surface area (Å²) in [5.41, 5.74) is 6.27. The largest absolute Gasteiger partial charge is 0.454 e. The molecule has 28 heavy (non-hydrogen) atoms. The highest BCUT2D eigenvalue weighted by Crippen LogP contribution is 2.35. The summed E-state index contributed by atoms with van der Waals surface area (Å²) in [4.78, 5) is 16.9. The van der Waals surface area contributed by atoms with Crippen LogP contribution in [0.3, 0.4) is 0 Å². The number of fused-ring (bicyclic) bond motifs is 1. The third-order valence-corrected chi connectivity index (χ3v) is 4.28. The van der Waals surface area contributed by atoms with Gasteiger partial charge in [-0.1, -0.05) is 0 Å². The molecule has 1 aromatic carbocycles. The Morgan fingerprint density at radius 2 is 2.00 bits per heavy atom. The molecule has 0 bridgehead atoms. The average Bonchev–Trinajstić information content (AvgIpc) is 3.32. The Bertz CT molecular complexity index is 1120. The van der Waals surface area contributed by atoms with Crippen molar-refractivity contribution in [3.8, 4) is 28.4 Å². The maximum Gasteiger partial charge on any atom is 0.350 e. The van der Waals surface area contributed by atoms with Crippen molar-refractivity contribution >= 4 is 0 Å². The number of rotatable bonds is 5. The molecule has 0 amide bonds. The molecule has 10 heteroatoms. The van der Waals surface area contributed by atoms with E-state index in [4.69, 9.17) is 15.2 Å². The molecule has 4 rings (SSSR count). The van der Waals surface area contributed by atoms with Crippen molar-refractivity contribution in [1.29, 1.82) is 0 Å². The van der Waals surface area contributed by atoms with Crippen molar-refractivity contribution in [3.05, 3.63) is 65.0 Å². The van der Waals surface area contributed by atoms with Gasteiger partial charge in [-0.15, -0.1) is 0 Å². The lowest BCUT2D eigenvalue weighted by Gasteiger charge is -2.06. The predicted molar refractivity (Wildman–Crippen MR) is 95.5 cm³/mol. The van der Waals surface area contributed by atoms with Gasteiger partial charge in [-0.05, 0) is 30.3 Å². The quantitative estimate of drug-likeness (QED) is 0.719. The molecule has 0 atom stereocenters. The zero-order valence-electron chi connectivity index (χ0n) is 14.5. The summed E-state index contributed by atoms with van der Waals surface area (Å²) >= 11 is 0. The van der Waals surface area contributed by atoms with Crippen LogP contribution in [0.2, 0.25) is 0 Å². The first-order chi connectivity index (χ1) is 13.6. The maximum atomic E-state index is 12.8. The number of aromatic nitrogens is 4. The number of pyridine rings is 1. The lowest BCUT2D eigenvalue weighted by Crippen LogP contribution is -2.26. The monoisotopic (exact) mass is 387 g/mol. The van der Waals surface area contributed by atoms with E-state index < -0.39 is 11.8 Å². The van der Waals surface area contributed by atoms with E-state index in [2.05, 4.69) is 10.1 Å². The number of ether oxygens (including phenoxy) is 2. The molecule has 0 spiro atoms. The van der Waals surface area contributed by atoms with Crippen LogP contribution in [-0.4, -0.2) is 32.7 Å². The fourth-order valence-electron chi connectivity index (χ4n) is 2.79. The normalized spacial score (nSPS) is 12.2. The molecule has 2 aromatic heterocycles. The van der Waals surface area contributed by atoms with Gasteiger partial charge in [0.25, 0.3) is 6.08 Å². The number of hydrogen-bond acceptors (Lipinski definition) is 6. The van der Waals surface area contributed by atoms with Crippen molar-refractivity contribution in [3.63, 3.8) is 0 Å². The first-order valence-corrected chi connectivity index (χ1v) is 8.31. The highest BCUT2D eigenvalue weighted by Gasteiger charge is 2.16. The first-order valence-electron chi connectivity index (χ1n) is 8.31. The summed E-state index contributed by atoms with van der Waals surface area (Å²) in [7, 11) is 0. The third-order valence-electron chi connectivity index (χ3n) is 4.28. The lowest BCUT2D eigenvalue weighted by molar-refractivity contribution is 0.174. The summed E-state index contributed by atoms with van der Waals surface area (Å²) in [6, 6.07) is 8.72. The van der Waals surface area contributed by atoms with Gasteiger partial charge in [0.05, 0.1) is 17.9 Å². The van der Waals surface area contributed by atoms with Crippen molar-refractivity contribution in [2.24, 2.45) is 5.73 Å². The fraction of sp³-hybridized carbons (Fsp3) is 0.167. The summed E-state index contributed by atoms with van der Waals surface area (Å²) in [6.07, 6.45) is 0.912. The highest BCUT2D eigenvalue weighted by molar-refractivity contribution is 5.66. The Labute approximate surface area is 157 Å². The van der Waals surface area contributed by atoms with Crippen LogP contribution < -0.4 is 20.9 Å². The van der Waals surface area contributed by atoms with E-state index in [-0.39, 0.29) is 25.5 Å². The van der Waals surface area contributed by atoms with Gasteiger partial charge < -0.3 is 15.2 Å². The van der Waals surface area contributed by atoms with Crippen LogP contribution in [0.15, 0.2) is 59.3 Å². The summed E-state index contributed by atoms with van der Waals surface area (Å²) in [6.45, 7) is -0.560. The summed E-state index contributed by atoms with van der Waals surface area (Å²) < 4.78 is 38.5. The molecular formula is C18H15F2N5O3. The molecule has 3 heterocycles. The van der Waals surface area contributed by atoms with Crippen molar-refractivity contribution < 1.29 is 18.3 Å². The van der Waals surface area contributed by atoms with Gasteiger partial charge in [0.2, 0.25) is 6.79 Å². The molecule has 0 saturated heterocycles. The zero-order valence-corrected chi connectivity index (χ0v) is 14.5. The number of hydrogen-bond donors (Lipinski definition) is 1. The molecule has 2 N–H and O–H groups in total. The van der Waals surface area contributed by atoms with Crippen LogP contribution in [0, 0.1) is 0 Å². The van der Waals surface area contributed by atoms with Crippen molar-refractivity contribution in [2.45, 2.75) is 6.54 Å². The number of benzene rings is 1. The first kappa shape index (κ1) is 17.9. The Morgan fingerprint density at radius 1 is 1.18 bits per heavy atom. The van der Waals surface area contributed by atoms with Gasteiger partial charge in [-0.2, -0.15) is 13.9 Å². The van der Waals surface area contributed by atoms with Gasteiger partial charge in [-0.25, -0.2) is 14.0 Å². The number of nitrogens with zero attached hydrogens (tertiary/aromatic N) is 4. The minimum Gasteiger partial charge on any atom is -0.454 e. The van der Waals surface area contributed by atoms with E-state index in [9.17, 15) is 13.6 Å². The SMILES string of the molecule is NCC(Cn1ncn(-c2ccnc(-c3ccc4c(c3)OCO4)c2)c1=O)=C(F)F. The smallest absolute Gasteiger partial charge is 0.350 e. The van der Waals surface area contributed by atoms with Gasteiger partial charge >= 0.3 is 5.69 Å². The molecule has 1 aliphatic rings. The van der Waals surface area contributed by atoms with Crippen molar-refractivity contribution in [1.82, 2.24) is 19.3 Å². The van der Waals surface area contributed by atoms with Crippen molar-refractivity contribution in [2.75, 3.05) is 13.3 Å². The van der Waals surface area contributed by atoms with E-state index in [0.29, 0.717) is 22.9 Å². The van der Waals surface area contributed by atoms with Crippen LogP contribution in [0.4, 0.5) is 8.78 Å². The Morgan fingerprint density at radius 3 is 2.79 bits per heavy atom. The number of nitrogens with two attached hydrogens (primary N) is 1. The molecule has 0 fully saturated rings. The minimum absolute atomic E-state index is 0.166. The van der Waals surface area contributed by atoms with Crippen LogP contribution in [0.5, 0.6) is 11.5 Å². The molecule has 0 radical (unpaired) electrons. The second kappa shape index (κ2) is 7.24. The third kappa shape index (κ3) is 3.25. The van der Waals surface area contributed by atoms with E-state index in [1.54, 1.807) is 30.5 Å². The van der Waals surface area contributed by atoms with Crippen LogP contribution in [0.25, 0.3) is 16.9 Å². The molecule has 144 valence electrons. The van der Waals surface area contributed by atoms with E-state index in [0.717, 1.165) is 10.2 Å². The maximum absolute atomic E-state index is 12.8. The second-order valence-electron chi connectivity index (χ2n) is 5.98. The van der Waals surface area contributed by atoms with Gasteiger partial charge in [0, 0.05) is 23.9 Å². The van der Waals surface area contributed by atoms with E-state index in [1.807, 2.05) is 6.07 Å². The van der Waals surface area contributed by atoms with E-state index >= 15 is 0 Å².